The minimum absolute atomic E-state index is 0.0299. The highest BCUT2D eigenvalue weighted by Crippen LogP contribution is 2.25. The highest BCUT2D eigenvalue weighted by Gasteiger charge is 2.25. The molecule has 31 heavy (non-hydrogen) atoms. The Bertz CT molecular complexity index is 1090. The van der Waals surface area contributed by atoms with Gasteiger partial charge in [0.15, 0.2) is 5.69 Å². The Labute approximate surface area is 181 Å². The van der Waals surface area contributed by atoms with E-state index in [1.54, 1.807) is 12.4 Å². The maximum atomic E-state index is 13.3. The summed E-state index contributed by atoms with van der Waals surface area (Å²) in [6, 6.07) is 26.0. The highest BCUT2D eigenvalue weighted by molar-refractivity contribution is 5.94. The van der Waals surface area contributed by atoms with Crippen LogP contribution in [0.25, 0.3) is 16.9 Å². The van der Waals surface area contributed by atoms with Gasteiger partial charge < -0.3 is 9.80 Å². The number of hydrogen-bond donors (Lipinski definition) is 0. The highest BCUT2D eigenvalue weighted by atomic mass is 16.2. The average Bonchev–Trinajstić information content (AvgIpc) is 3.31. The smallest absolute Gasteiger partial charge is 0.274 e. The van der Waals surface area contributed by atoms with Crippen LogP contribution >= 0.6 is 0 Å². The molecule has 1 aliphatic rings. The van der Waals surface area contributed by atoms with E-state index in [0.717, 1.165) is 30.0 Å². The summed E-state index contributed by atoms with van der Waals surface area (Å²) in [5.41, 5.74) is 4.42. The molecule has 6 heteroatoms. The summed E-state index contributed by atoms with van der Waals surface area (Å²) in [6.07, 6.45) is 3.50. The summed E-state index contributed by atoms with van der Waals surface area (Å²) >= 11 is 0. The minimum atomic E-state index is -0.0299. The molecule has 0 unspecified atom stereocenters. The van der Waals surface area contributed by atoms with Crippen molar-refractivity contribution >= 4 is 11.6 Å². The van der Waals surface area contributed by atoms with Crippen LogP contribution in [0, 0.1) is 0 Å². The normalized spacial score (nSPS) is 13.9. The van der Waals surface area contributed by atoms with Gasteiger partial charge in [0.2, 0.25) is 0 Å². The standard InChI is InChI=1S/C25H23N5O/c31-25(29-17-15-28(16-18-29)21-7-3-1-4-8-21)23-19-24(20-11-13-26-14-12-20)30(27-23)22-9-5-2-6-10-22/h1-14,19H,15-18H2. The Kier molecular flexibility index (Phi) is 5.19. The fourth-order valence-corrected chi connectivity index (χ4v) is 3.95. The quantitative estimate of drug-likeness (QED) is 0.513. The first-order valence-corrected chi connectivity index (χ1v) is 10.4. The third-order valence-corrected chi connectivity index (χ3v) is 5.59. The molecular weight excluding hydrogens is 386 g/mol. The number of pyridine rings is 1. The molecule has 4 aromatic rings. The fourth-order valence-electron chi connectivity index (χ4n) is 3.95. The second-order valence-electron chi connectivity index (χ2n) is 7.51. The molecule has 0 N–H and O–H groups in total. The summed E-state index contributed by atoms with van der Waals surface area (Å²) in [5.74, 6) is -0.0299. The molecule has 5 rings (SSSR count). The summed E-state index contributed by atoms with van der Waals surface area (Å²) in [5, 5.41) is 4.70. The number of nitrogens with zero attached hydrogens (tertiary/aromatic N) is 5. The number of amides is 1. The molecule has 6 nitrogen and oxygen atoms in total. The average molecular weight is 409 g/mol. The van der Waals surface area contributed by atoms with Crippen LogP contribution in [0.5, 0.6) is 0 Å². The van der Waals surface area contributed by atoms with Crippen LogP contribution in [0.4, 0.5) is 5.69 Å². The third kappa shape index (κ3) is 3.92. The molecule has 1 fully saturated rings. The SMILES string of the molecule is O=C(c1cc(-c2ccncc2)n(-c2ccccc2)n1)N1CCN(c2ccccc2)CC1. The molecule has 1 aliphatic heterocycles. The van der Waals surface area contributed by atoms with E-state index in [-0.39, 0.29) is 5.91 Å². The molecular formula is C25H23N5O. The second kappa shape index (κ2) is 8.44. The number of hydrogen-bond acceptors (Lipinski definition) is 4. The van der Waals surface area contributed by atoms with Crippen LogP contribution in [0.3, 0.4) is 0 Å². The lowest BCUT2D eigenvalue weighted by Gasteiger charge is -2.35. The van der Waals surface area contributed by atoms with Gasteiger partial charge in [-0.2, -0.15) is 5.10 Å². The monoisotopic (exact) mass is 409 g/mol. The van der Waals surface area contributed by atoms with Crippen molar-refractivity contribution in [3.8, 4) is 16.9 Å². The van der Waals surface area contributed by atoms with Crippen LogP contribution in [0.2, 0.25) is 0 Å². The molecule has 0 radical (unpaired) electrons. The maximum Gasteiger partial charge on any atom is 0.274 e. The summed E-state index contributed by atoms with van der Waals surface area (Å²) < 4.78 is 1.84. The number of carbonyl (C=O) groups excluding carboxylic acids is 1. The van der Waals surface area contributed by atoms with Crippen molar-refractivity contribution in [2.45, 2.75) is 0 Å². The minimum Gasteiger partial charge on any atom is -0.368 e. The van der Waals surface area contributed by atoms with Gasteiger partial charge in [-0.1, -0.05) is 36.4 Å². The summed E-state index contributed by atoms with van der Waals surface area (Å²) in [6.45, 7) is 2.98. The number of aromatic nitrogens is 3. The van der Waals surface area contributed by atoms with E-state index in [9.17, 15) is 4.79 Å². The van der Waals surface area contributed by atoms with Gasteiger partial charge in [-0.25, -0.2) is 4.68 Å². The molecule has 0 saturated carbocycles. The Morgan fingerprint density at radius 1 is 0.742 bits per heavy atom. The van der Waals surface area contributed by atoms with Crippen molar-refractivity contribution in [3.05, 3.63) is 97.0 Å². The van der Waals surface area contributed by atoms with E-state index in [4.69, 9.17) is 5.10 Å². The number of carbonyl (C=O) groups is 1. The fraction of sp³-hybridized carbons (Fsp3) is 0.160. The van der Waals surface area contributed by atoms with E-state index in [1.165, 1.54) is 5.69 Å². The molecule has 0 bridgehead atoms. The molecule has 154 valence electrons. The van der Waals surface area contributed by atoms with Crippen molar-refractivity contribution in [3.63, 3.8) is 0 Å². The van der Waals surface area contributed by atoms with Crippen molar-refractivity contribution in [1.82, 2.24) is 19.7 Å². The zero-order valence-corrected chi connectivity index (χ0v) is 17.1. The van der Waals surface area contributed by atoms with Crippen molar-refractivity contribution in [2.75, 3.05) is 31.1 Å². The first kappa shape index (κ1) is 19.1. The van der Waals surface area contributed by atoms with Crippen LogP contribution in [0.15, 0.2) is 91.3 Å². The molecule has 0 atom stereocenters. The Balaban J connectivity index is 1.40. The zero-order valence-electron chi connectivity index (χ0n) is 17.1. The molecule has 2 aromatic heterocycles. The molecule has 1 amide bonds. The predicted molar refractivity (Wildman–Crippen MR) is 121 cm³/mol. The number of para-hydroxylation sites is 2. The van der Waals surface area contributed by atoms with Gasteiger partial charge in [-0.3, -0.25) is 9.78 Å². The molecule has 2 aromatic carbocycles. The van der Waals surface area contributed by atoms with Gasteiger partial charge in [0.1, 0.15) is 0 Å². The summed E-state index contributed by atoms with van der Waals surface area (Å²) in [4.78, 5) is 21.6. The van der Waals surface area contributed by atoms with E-state index < -0.39 is 0 Å². The molecule has 0 aliphatic carbocycles. The van der Waals surface area contributed by atoms with Gasteiger partial charge >= 0.3 is 0 Å². The van der Waals surface area contributed by atoms with Gasteiger partial charge in [0.25, 0.3) is 5.91 Å². The molecule has 3 heterocycles. The van der Waals surface area contributed by atoms with E-state index >= 15 is 0 Å². The van der Waals surface area contributed by atoms with Crippen LogP contribution in [-0.4, -0.2) is 51.8 Å². The lowest BCUT2D eigenvalue weighted by molar-refractivity contribution is 0.0740. The zero-order chi connectivity index (χ0) is 21.0. The lowest BCUT2D eigenvalue weighted by atomic mass is 10.1. The lowest BCUT2D eigenvalue weighted by Crippen LogP contribution is -2.48. The van der Waals surface area contributed by atoms with Crippen molar-refractivity contribution < 1.29 is 4.79 Å². The van der Waals surface area contributed by atoms with Crippen molar-refractivity contribution in [1.29, 1.82) is 0 Å². The van der Waals surface area contributed by atoms with Crippen LogP contribution in [-0.2, 0) is 0 Å². The Hall–Kier alpha value is -3.93. The Morgan fingerprint density at radius 2 is 1.35 bits per heavy atom. The van der Waals surface area contributed by atoms with Crippen LogP contribution in [0.1, 0.15) is 10.5 Å². The second-order valence-corrected chi connectivity index (χ2v) is 7.51. The van der Waals surface area contributed by atoms with Crippen LogP contribution < -0.4 is 4.90 Å². The van der Waals surface area contributed by atoms with E-state index in [0.29, 0.717) is 18.8 Å². The molecule has 1 saturated heterocycles. The van der Waals surface area contributed by atoms with Crippen molar-refractivity contribution in [2.24, 2.45) is 0 Å². The number of benzene rings is 2. The van der Waals surface area contributed by atoms with Gasteiger partial charge in [0, 0.05) is 49.8 Å². The predicted octanol–water partition coefficient (Wildman–Crippen LogP) is 3.90. The van der Waals surface area contributed by atoms with E-state index in [2.05, 4.69) is 22.0 Å². The molecule has 0 spiro atoms. The first-order chi connectivity index (χ1) is 15.3. The number of piperazine rings is 1. The largest absolute Gasteiger partial charge is 0.368 e. The summed E-state index contributed by atoms with van der Waals surface area (Å²) in [7, 11) is 0. The van der Waals surface area contributed by atoms with Gasteiger partial charge in [-0.05, 0) is 42.5 Å². The number of rotatable bonds is 4. The van der Waals surface area contributed by atoms with Gasteiger partial charge in [0.05, 0.1) is 11.4 Å². The first-order valence-electron chi connectivity index (χ1n) is 10.4. The number of anilines is 1. The Morgan fingerprint density at radius 3 is 2.00 bits per heavy atom. The topological polar surface area (TPSA) is 54.3 Å². The maximum absolute atomic E-state index is 13.3. The third-order valence-electron chi connectivity index (χ3n) is 5.59. The van der Waals surface area contributed by atoms with E-state index in [1.807, 2.05) is 76.3 Å². The van der Waals surface area contributed by atoms with Gasteiger partial charge in [-0.15, -0.1) is 0 Å².